The fourth-order valence-corrected chi connectivity index (χ4v) is 3.58. The zero-order valence-corrected chi connectivity index (χ0v) is 13.0. The molecule has 0 unspecified atom stereocenters. The number of pyridine rings is 1. The molecular formula is C18H18N2O2. The lowest BCUT2D eigenvalue weighted by Crippen LogP contribution is -2.28. The number of nitrogens with zero attached hydrogens (tertiary/aromatic N) is 2. The second kappa shape index (κ2) is 4.32. The molecule has 0 amide bonds. The highest BCUT2D eigenvalue weighted by molar-refractivity contribution is 6.19. The number of hydrogen-bond acceptors (Lipinski definition) is 4. The standard InChI is InChI=1S/C18H18N2O2/c1-10-17-15(11-6-4-5-7-14(11)22-17)16-12(19-10)8-18(2,3)9-13(16)20-21/h4-7,21H,8-9H2,1-3H3/b20-13+. The second-order valence-corrected chi connectivity index (χ2v) is 6.89. The molecule has 3 aromatic rings. The van der Waals surface area contributed by atoms with E-state index in [1.54, 1.807) is 0 Å². The van der Waals surface area contributed by atoms with Gasteiger partial charge in [-0.05, 0) is 31.2 Å². The minimum absolute atomic E-state index is 0.0429. The molecule has 0 atom stereocenters. The summed E-state index contributed by atoms with van der Waals surface area (Å²) >= 11 is 0. The summed E-state index contributed by atoms with van der Waals surface area (Å²) in [5.74, 6) is 0. The van der Waals surface area contributed by atoms with Crippen molar-refractivity contribution < 1.29 is 9.62 Å². The third-order valence-corrected chi connectivity index (χ3v) is 4.47. The first kappa shape index (κ1) is 13.3. The highest BCUT2D eigenvalue weighted by atomic mass is 16.4. The summed E-state index contributed by atoms with van der Waals surface area (Å²) in [4.78, 5) is 4.75. The van der Waals surface area contributed by atoms with E-state index in [1.807, 2.05) is 25.1 Å². The first-order chi connectivity index (χ1) is 10.5. The number of aryl methyl sites for hydroxylation is 1. The molecule has 0 spiro atoms. The molecule has 0 saturated carbocycles. The van der Waals surface area contributed by atoms with E-state index in [0.29, 0.717) is 5.71 Å². The molecule has 22 heavy (non-hydrogen) atoms. The summed E-state index contributed by atoms with van der Waals surface area (Å²) in [6, 6.07) is 7.98. The first-order valence-corrected chi connectivity index (χ1v) is 7.52. The van der Waals surface area contributed by atoms with Gasteiger partial charge in [-0.25, -0.2) is 0 Å². The van der Waals surface area contributed by atoms with Crippen LogP contribution in [0.25, 0.3) is 21.9 Å². The minimum atomic E-state index is 0.0429. The normalized spacial score (nSPS) is 19.0. The Labute approximate surface area is 128 Å². The molecule has 4 nitrogen and oxygen atoms in total. The van der Waals surface area contributed by atoms with Crippen molar-refractivity contribution in [1.29, 1.82) is 0 Å². The van der Waals surface area contributed by atoms with E-state index in [4.69, 9.17) is 9.40 Å². The van der Waals surface area contributed by atoms with E-state index in [2.05, 4.69) is 25.1 Å². The van der Waals surface area contributed by atoms with Gasteiger partial charge in [0.15, 0.2) is 5.58 Å². The van der Waals surface area contributed by atoms with Crippen LogP contribution in [0.5, 0.6) is 0 Å². The summed E-state index contributed by atoms with van der Waals surface area (Å²) in [6.07, 6.45) is 1.60. The average molecular weight is 294 g/mol. The largest absolute Gasteiger partial charge is 0.454 e. The molecule has 1 N–H and O–H groups in total. The molecule has 0 aliphatic heterocycles. The number of hydrogen-bond donors (Lipinski definition) is 1. The van der Waals surface area contributed by atoms with Gasteiger partial charge in [0.05, 0.1) is 17.1 Å². The van der Waals surface area contributed by atoms with Crippen LogP contribution >= 0.6 is 0 Å². The van der Waals surface area contributed by atoms with Gasteiger partial charge >= 0.3 is 0 Å². The second-order valence-electron chi connectivity index (χ2n) is 6.89. The maximum Gasteiger partial charge on any atom is 0.157 e. The van der Waals surface area contributed by atoms with Crippen LogP contribution < -0.4 is 0 Å². The summed E-state index contributed by atoms with van der Waals surface area (Å²) in [6.45, 7) is 6.33. The van der Waals surface area contributed by atoms with Gasteiger partial charge in [0.1, 0.15) is 5.58 Å². The van der Waals surface area contributed by atoms with Gasteiger partial charge in [-0.15, -0.1) is 0 Å². The van der Waals surface area contributed by atoms with Crippen LogP contribution in [-0.4, -0.2) is 15.9 Å². The highest BCUT2D eigenvalue weighted by Gasteiger charge is 2.34. The van der Waals surface area contributed by atoms with Crippen molar-refractivity contribution in [3.63, 3.8) is 0 Å². The molecular weight excluding hydrogens is 276 g/mol. The van der Waals surface area contributed by atoms with E-state index >= 15 is 0 Å². The number of aromatic nitrogens is 1. The molecule has 1 aliphatic carbocycles. The predicted molar refractivity (Wildman–Crippen MR) is 86.7 cm³/mol. The van der Waals surface area contributed by atoms with Gasteiger partial charge < -0.3 is 9.62 Å². The number of fused-ring (bicyclic) bond motifs is 5. The van der Waals surface area contributed by atoms with Crippen molar-refractivity contribution in [2.24, 2.45) is 10.6 Å². The number of rotatable bonds is 0. The molecule has 4 heteroatoms. The third kappa shape index (κ3) is 1.76. The Bertz CT molecular complexity index is 935. The fraction of sp³-hybridized carbons (Fsp3) is 0.333. The molecule has 0 saturated heterocycles. The van der Waals surface area contributed by atoms with Crippen molar-refractivity contribution in [2.45, 2.75) is 33.6 Å². The van der Waals surface area contributed by atoms with Gasteiger partial charge in [-0.2, -0.15) is 0 Å². The van der Waals surface area contributed by atoms with E-state index in [0.717, 1.165) is 51.7 Å². The van der Waals surface area contributed by atoms with E-state index in [-0.39, 0.29) is 5.41 Å². The van der Waals surface area contributed by atoms with Crippen LogP contribution in [0.3, 0.4) is 0 Å². The molecule has 112 valence electrons. The molecule has 0 radical (unpaired) electrons. The van der Waals surface area contributed by atoms with Crippen LogP contribution in [0.1, 0.15) is 37.2 Å². The smallest absolute Gasteiger partial charge is 0.157 e. The molecule has 0 fully saturated rings. The third-order valence-electron chi connectivity index (χ3n) is 4.47. The lowest BCUT2D eigenvalue weighted by Gasteiger charge is -2.31. The first-order valence-electron chi connectivity index (χ1n) is 7.52. The minimum Gasteiger partial charge on any atom is -0.454 e. The van der Waals surface area contributed by atoms with Crippen LogP contribution in [0.2, 0.25) is 0 Å². The van der Waals surface area contributed by atoms with Gasteiger partial charge in [0.25, 0.3) is 0 Å². The fourth-order valence-electron chi connectivity index (χ4n) is 3.58. The maximum absolute atomic E-state index is 9.54. The Morgan fingerprint density at radius 2 is 2.00 bits per heavy atom. The Morgan fingerprint density at radius 1 is 1.23 bits per heavy atom. The summed E-state index contributed by atoms with van der Waals surface area (Å²) in [5, 5.41) is 15.2. The summed E-state index contributed by atoms with van der Waals surface area (Å²) in [7, 11) is 0. The molecule has 0 bridgehead atoms. The van der Waals surface area contributed by atoms with Gasteiger partial charge in [0, 0.05) is 16.3 Å². The quantitative estimate of drug-likeness (QED) is 0.492. The number of benzene rings is 1. The van der Waals surface area contributed by atoms with Crippen molar-refractivity contribution in [1.82, 2.24) is 4.98 Å². The Balaban J connectivity index is 2.19. The van der Waals surface area contributed by atoms with E-state index in [9.17, 15) is 5.21 Å². The van der Waals surface area contributed by atoms with Gasteiger partial charge in [-0.3, -0.25) is 4.98 Å². The Kier molecular flexibility index (Phi) is 2.61. The lowest BCUT2D eigenvalue weighted by molar-refractivity contribution is 0.306. The number of oxime groups is 1. The van der Waals surface area contributed by atoms with Crippen LogP contribution in [-0.2, 0) is 6.42 Å². The Morgan fingerprint density at radius 3 is 2.77 bits per heavy atom. The lowest BCUT2D eigenvalue weighted by atomic mass is 9.74. The monoisotopic (exact) mass is 294 g/mol. The van der Waals surface area contributed by atoms with Gasteiger partial charge in [-0.1, -0.05) is 37.2 Å². The zero-order chi connectivity index (χ0) is 15.5. The number of para-hydroxylation sites is 1. The Hall–Kier alpha value is -2.36. The van der Waals surface area contributed by atoms with Crippen LogP contribution in [0.4, 0.5) is 0 Å². The zero-order valence-electron chi connectivity index (χ0n) is 13.0. The number of furan rings is 1. The van der Waals surface area contributed by atoms with Crippen molar-refractivity contribution >= 4 is 27.7 Å². The molecule has 4 rings (SSSR count). The molecule has 1 aromatic carbocycles. The predicted octanol–water partition coefficient (Wildman–Crippen LogP) is 4.44. The maximum atomic E-state index is 9.54. The van der Waals surface area contributed by atoms with Crippen molar-refractivity contribution in [3.8, 4) is 0 Å². The SMILES string of the molecule is Cc1nc2c(c3c1oc1ccccc13)/C(=N/O)CC(C)(C)C2. The molecule has 1 aliphatic rings. The van der Waals surface area contributed by atoms with E-state index < -0.39 is 0 Å². The molecule has 2 heterocycles. The van der Waals surface area contributed by atoms with E-state index in [1.165, 1.54) is 0 Å². The van der Waals surface area contributed by atoms with Gasteiger partial charge in [0.2, 0.25) is 0 Å². The van der Waals surface area contributed by atoms with Crippen molar-refractivity contribution in [2.75, 3.05) is 0 Å². The summed E-state index contributed by atoms with van der Waals surface area (Å²) < 4.78 is 5.99. The topological polar surface area (TPSA) is 58.6 Å². The van der Waals surface area contributed by atoms with Crippen LogP contribution in [0.15, 0.2) is 33.8 Å². The highest BCUT2D eigenvalue weighted by Crippen LogP contribution is 2.41. The average Bonchev–Trinajstić information content (AvgIpc) is 2.85. The summed E-state index contributed by atoms with van der Waals surface area (Å²) in [5.41, 5.74) is 5.23. The van der Waals surface area contributed by atoms with Crippen LogP contribution in [0, 0.1) is 12.3 Å². The molecule has 2 aromatic heterocycles. The van der Waals surface area contributed by atoms with Crippen molar-refractivity contribution in [3.05, 3.63) is 41.2 Å².